The summed E-state index contributed by atoms with van der Waals surface area (Å²) in [5, 5.41) is 2.21. The van der Waals surface area contributed by atoms with E-state index in [4.69, 9.17) is 5.73 Å². The summed E-state index contributed by atoms with van der Waals surface area (Å²) in [5.74, 6) is 0. The highest BCUT2D eigenvalue weighted by Crippen LogP contribution is 2.31. The molecule has 100 valence electrons. The molecule has 0 atom stereocenters. The molecule has 0 radical (unpaired) electrons. The third-order valence-corrected chi connectivity index (χ3v) is 3.70. The second-order valence-corrected chi connectivity index (χ2v) is 5.02. The Labute approximate surface area is 122 Å². The summed E-state index contributed by atoms with van der Waals surface area (Å²) in [6.07, 6.45) is 3.64. The van der Waals surface area contributed by atoms with Crippen molar-refractivity contribution in [3.8, 4) is 11.1 Å². The van der Waals surface area contributed by atoms with Crippen molar-refractivity contribution >= 4 is 27.5 Å². The summed E-state index contributed by atoms with van der Waals surface area (Å²) in [6.45, 7) is 0. The number of nitrogens with two attached hydrogens (primary N) is 1. The average Bonchev–Trinajstić information content (AvgIpc) is 2.55. The van der Waals surface area contributed by atoms with Gasteiger partial charge in [-0.3, -0.25) is 9.97 Å². The topological polar surface area (TPSA) is 51.8 Å². The van der Waals surface area contributed by atoms with E-state index in [1.54, 1.807) is 6.20 Å². The smallest absolute Gasteiger partial charge is 0.0970 e. The zero-order valence-electron chi connectivity index (χ0n) is 11.3. The molecular weight excluding hydrogens is 258 g/mol. The second-order valence-electron chi connectivity index (χ2n) is 5.02. The highest BCUT2D eigenvalue weighted by atomic mass is 14.7. The van der Waals surface area contributed by atoms with Gasteiger partial charge in [0.15, 0.2) is 0 Å². The quantitative estimate of drug-likeness (QED) is 0.420. The highest BCUT2D eigenvalue weighted by molar-refractivity contribution is 6.07. The summed E-state index contributed by atoms with van der Waals surface area (Å²) >= 11 is 0. The molecule has 4 aromatic rings. The number of fused-ring (bicyclic) bond motifs is 3. The van der Waals surface area contributed by atoms with E-state index in [-0.39, 0.29) is 0 Å². The fraction of sp³-hybridized carbons (Fsp3) is 0. The Hall–Kier alpha value is -2.94. The Morgan fingerprint density at radius 3 is 2.38 bits per heavy atom. The van der Waals surface area contributed by atoms with Gasteiger partial charge in [0.1, 0.15) is 0 Å². The molecule has 3 nitrogen and oxygen atoms in total. The van der Waals surface area contributed by atoms with Crippen LogP contribution in [-0.2, 0) is 0 Å². The number of anilines is 1. The molecule has 2 heterocycles. The van der Waals surface area contributed by atoms with Gasteiger partial charge in [0, 0.05) is 28.9 Å². The Morgan fingerprint density at radius 2 is 1.52 bits per heavy atom. The molecule has 21 heavy (non-hydrogen) atoms. The molecule has 3 heteroatoms. The van der Waals surface area contributed by atoms with Gasteiger partial charge in [-0.1, -0.05) is 30.3 Å². The minimum absolute atomic E-state index is 0.768. The number of aromatic nitrogens is 2. The van der Waals surface area contributed by atoms with Crippen LogP contribution in [0.1, 0.15) is 0 Å². The number of nitrogens with zero attached hydrogens (tertiary/aromatic N) is 2. The summed E-state index contributed by atoms with van der Waals surface area (Å²) in [4.78, 5) is 9.00. The van der Waals surface area contributed by atoms with Crippen molar-refractivity contribution in [3.63, 3.8) is 0 Å². The molecule has 0 unspecified atom stereocenters. The van der Waals surface area contributed by atoms with Crippen molar-refractivity contribution in [2.45, 2.75) is 0 Å². The first-order valence-electron chi connectivity index (χ1n) is 6.81. The van der Waals surface area contributed by atoms with E-state index in [1.807, 2.05) is 42.6 Å². The fourth-order valence-electron chi connectivity index (χ4n) is 2.67. The van der Waals surface area contributed by atoms with Gasteiger partial charge >= 0.3 is 0 Å². The van der Waals surface area contributed by atoms with E-state index in [0.717, 1.165) is 38.6 Å². The molecule has 0 fully saturated rings. The number of nitrogen functional groups attached to an aromatic ring is 1. The molecular formula is C18H13N3. The fourth-order valence-corrected chi connectivity index (χ4v) is 2.67. The maximum atomic E-state index is 5.77. The molecule has 0 saturated carbocycles. The van der Waals surface area contributed by atoms with E-state index >= 15 is 0 Å². The lowest BCUT2D eigenvalue weighted by Crippen LogP contribution is -1.89. The summed E-state index contributed by atoms with van der Waals surface area (Å²) in [5.41, 5.74) is 10.7. The van der Waals surface area contributed by atoms with Crippen molar-refractivity contribution in [2.24, 2.45) is 0 Å². The van der Waals surface area contributed by atoms with Gasteiger partial charge in [-0.2, -0.15) is 0 Å². The average molecular weight is 271 g/mol. The number of hydrogen-bond donors (Lipinski definition) is 1. The predicted molar refractivity (Wildman–Crippen MR) is 86.9 cm³/mol. The zero-order valence-corrected chi connectivity index (χ0v) is 11.3. The van der Waals surface area contributed by atoms with Gasteiger partial charge in [-0.15, -0.1) is 0 Å². The minimum Gasteiger partial charge on any atom is -0.399 e. The van der Waals surface area contributed by atoms with E-state index in [2.05, 4.69) is 28.2 Å². The van der Waals surface area contributed by atoms with Crippen LogP contribution in [0.3, 0.4) is 0 Å². The molecule has 0 amide bonds. The van der Waals surface area contributed by atoms with Crippen molar-refractivity contribution < 1.29 is 0 Å². The van der Waals surface area contributed by atoms with Crippen LogP contribution in [0.25, 0.3) is 32.9 Å². The van der Waals surface area contributed by atoms with E-state index in [9.17, 15) is 0 Å². The van der Waals surface area contributed by atoms with Gasteiger partial charge in [0.2, 0.25) is 0 Å². The molecule has 0 aliphatic carbocycles. The predicted octanol–water partition coefficient (Wildman–Crippen LogP) is 4.03. The van der Waals surface area contributed by atoms with Crippen LogP contribution in [0, 0.1) is 0 Å². The largest absolute Gasteiger partial charge is 0.399 e. The molecule has 4 rings (SSSR count). The number of pyridine rings is 2. The van der Waals surface area contributed by atoms with E-state index in [1.165, 1.54) is 0 Å². The van der Waals surface area contributed by atoms with Gasteiger partial charge in [0.05, 0.1) is 11.0 Å². The lowest BCUT2D eigenvalue weighted by atomic mass is 10.00. The number of hydrogen-bond acceptors (Lipinski definition) is 3. The monoisotopic (exact) mass is 271 g/mol. The SMILES string of the molecule is Nc1ccc(-c2ccnc3c2ccc2cccnc23)cc1. The first-order valence-corrected chi connectivity index (χ1v) is 6.81. The molecule has 0 aliphatic rings. The lowest BCUT2D eigenvalue weighted by Gasteiger charge is -2.08. The lowest BCUT2D eigenvalue weighted by molar-refractivity contribution is 1.37. The first-order chi connectivity index (χ1) is 10.3. The van der Waals surface area contributed by atoms with Gasteiger partial charge in [-0.05, 0) is 35.4 Å². The van der Waals surface area contributed by atoms with Crippen LogP contribution < -0.4 is 5.73 Å². The third-order valence-electron chi connectivity index (χ3n) is 3.70. The minimum atomic E-state index is 0.768. The molecule has 0 spiro atoms. The maximum Gasteiger partial charge on any atom is 0.0970 e. The standard InChI is InChI=1S/C18H13N3/c19-14-6-3-12(4-7-14)15-9-11-21-18-16(15)8-5-13-2-1-10-20-17(13)18/h1-11H,19H2. The molecule has 2 aromatic heterocycles. The number of benzene rings is 2. The Balaban J connectivity index is 2.06. The molecule has 2 N–H and O–H groups in total. The second kappa shape index (κ2) is 4.56. The number of rotatable bonds is 1. The molecule has 0 aliphatic heterocycles. The Kier molecular flexibility index (Phi) is 2.57. The van der Waals surface area contributed by atoms with Gasteiger partial charge in [-0.25, -0.2) is 0 Å². The molecule has 0 saturated heterocycles. The Bertz CT molecular complexity index is 943. The van der Waals surface area contributed by atoms with Crippen molar-refractivity contribution in [1.82, 2.24) is 9.97 Å². The highest BCUT2D eigenvalue weighted by Gasteiger charge is 2.08. The van der Waals surface area contributed by atoms with Crippen molar-refractivity contribution in [3.05, 3.63) is 67.0 Å². The van der Waals surface area contributed by atoms with Crippen LogP contribution in [0.4, 0.5) is 5.69 Å². The first kappa shape index (κ1) is 11.9. The normalized spacial score (nSPS) is 11.0. The Morgan fingerprint density at radius 1 is 0.714 bits per heavy atom. The van der Waals surface area contributed by atoms with Crippen LogP contribution in [0.2, 0.25) is 0 Å². The maximum absolute atomic E-state index is 5.77. The van der Waals surface area contributed by atoms with Crippen molar-refractivity contribution in [2.75, 3.05) is 5.73 Å². The molecule has 2 aromatic carbocycles. The van der Waals surface area contributed by atoms with Crippen LogP contribution in [-0.4, -0.2) is 9.97 Å². The van der Waals surface area contributed by atoms with E-state index in [0.29, 0.717) is 0 Å². The zero-order chi connectivity index (χ0) is 14.2. The third kappa shape index (κ3) is 1.91. The van der Waals surface area contributed by atoms with Crippen LogP contribution in [0.5, 0.6) is 0 Å². The van der Waals surface area contributed by atoms with E-state index < -0.39 is 0 Å². The van der Waals surface area contributed by atoms with Gasteiger partial charge in [0.25, 0.3) is 0 Å². The van der Waals surface area contributed by atoms with Crippen molar-refractivity contribution in [1.29, 1.82) is 0 Å². The summed E-state index contributed by atoms with van der Waals surface area (Å²) in [6, 6.07) is 18.1. The van der Waals surface area contributed by atoms with Crippen LogP contribution >= 0.6 is 0 Å². The summed E-state index contributed by atoms with van der Waals surface area (Å²) in [7, 11) is 0. The van der Waals surface area contributed by atoms with Gasteiger partial charge < -0.3 is 5.73 Å². The van der Waals surface area contributed by atoms with Crippen LogP contribution in [0.15, 0.2) is 67.0 Å². The molecule has 0 bridgehead atoms. The summed E-state index contributed by atoms with van der Waals surface area (Å²) < 4.78 is 0.